The van der Waals surface area contributed by atoms with Gasteiger partial charge in [0.25, 0.3) is 11.7 Å². The van der Waals surface area contributed by atoms with Gasteiger partial charge in [-0.15, -0.1) is 0 Å². The largest absolute Gasteiger partial charge is 0.507 e. The number of nitrogens with zero attached hydrogens (tertiary/aromatic N) is 2. The fourth-order valence-electron chi connectivity index (χ4n) is 5.15. The number of methoxy groups -OCH3 is 1. The molecule has 1 heterocycles. The third kappa shape index (κ3) is 7.56. The van der Waals surface area contributed by atoms with Crippen LogP contribution in [0.25, 0.3) is 5.76 Å². The van der Waals surface area contributed by atoms with E-state index in [1.807, 2.05) is 36.4 Å². The molecule has 0 aromatic heterocycles. The van der Waals surface area contributed by atoms with Crippen LogP contribution in [0.1, 0.15) is 56.3 Å². The fourth-order valence-corrected chi connectivity index (χ4v) is 5.15. The summed E-state index contributed by atoms with van der Waals surface area (Å²) in [4.78, 5) is 30.7. The van der Waals surface area contributed by atoms with E-state index in [4.69, 9.17) is 14.2 Å². The standard InChI is InChI=1S/C35H42N2O6/c1-5-8-22-42-28-17-14-26(15-18-28)33(38)31-32(37(35(40)34(31)39)21-20-36(6-2)7-3)27-16-19-29(30(23-27)41-4)43-24-25-12-10-9-11-13-25/h9-19,23,32,38H,5-8,20-22,24H2,1-4H3/b33-31+. The lowest BCUT2D eigenvalue weighted by molar-refractivity contribution is -0.140. The maximum absolute atomic E-state index is 13.5. The van der Waals surface area contributed by atoms with Crippen LogP contribution in [0.4, 0.5) is 0 Å². The third-order valence-corrected chi connectivity index (χ3v) is 7.73. The number of ether oxygens (including phenoxy) is 3. The molecule has 43 heavy (non-hydrogen) atoms. The predicted octanol–water partition coefficient (Wildman–Crippen LogP) is 6.22. The maximum Gasteiger partial charge on any atom is 0.295 e. The average molecular weight is 587 g/mol. The van der Waals surface area contributed by atoms with Gasteiger partial charge in [0.2, 0.25) is 0 Å². The second-order valence-electron chi connectivity index (χ2n) is 10.4. The van der Waals surface area contributed by atoms with Gasteiger partial charge in [0.1, 0.15) is 18.1 Å². The molecule has 4 rings (SSSR count). The molecular weight excluding hydrogens is 544 g/mol. The summed E-state index contributed by atoms with van der Waals surface area (Å²) in [6.07, 6.45) is 1.97. The zero-order valence-corrected chi connectivity index (χ0v) is 25.5. The summed E-state index contributed by atoms with van der Waals surface area (Å²) in [5, 5.41) is 11.5. The summed E-state index contributed by atoms with van der Waals surface area (Å²) in [6.45, 7) is 9.73. The number of Topliss-reactive ketones (excluding diaryl/α,β-unsaturated/α-hetero) is 1. The Labute approximate surface area is 254 Å². The average Bonchev–Trinajstić information content (AvgIpc) is 3.30. The molecule has 0 radical (unpaired) electrons. The van der Waals surface area contributed by atoms with E-state index in [1.54, 1.807) is 48.4 Å². The van der Waals surface area contributed by atoms with Crippen LogP contribution < -0.4 is 14.2 Å². The monoisotopic (exact) mass is 586 g/mol. The summed E-state index contributed by atoms with van der Waals surface area (Å²) in [5.41, 5.74) is 2.14. The second-order valence-corrected chi connectivity index (χ2v) is 10.4. The van der Waals surface area contributed by atoms with Crippen molar-refractivity contribution >= 4 is 17.4 Å². The lowest BCUT2D eigenvalue weighted by Gasteiger charge is -2.28. The minimum Gasteiger partial charge on any atom is -0.507 e. The van der Waals surface area contributed by atoms with Gasteiger partial charge in [0.15, 0.2) is 11.5 Å². The van der Waals surface area contributed by atoms with Crippen molar-refractivity contribution < 1.29 is 28.9 Å². The Hall–Kier alpha value is -4.30. The van der Waals surface area contributed by atoms with Crippen LogP contribution in [0.3, 0.4) is 0 Å². The zero-order valence-electron chi connectivity index (χ0n) is 25.5. The molecule has 8 nitrogen and oxygen atoms in total. The summed E-state index contributed by atoms with van der Waals surface area (Å²) in [5.74, 6) is 0.106. The van der Waals surface area contributed by atoms with E-state index in [1.165, 1.54) is 0 Å². The molecule has 1 fully saturated rings. The Morgan fingerprint density at radius 2 is 1.63 bits per heavy atom. The van der Waals surface area contributed by atoms with Gasteiger partial charge in [-0.1, -0.05) is 63.6 Å². The van der Waals surface area contributed by atoms with E-state index < -0.39 is 17.7 Å². The van der Waals surface area contributed by atoms with Crippen molar-refractivity contribution in [2.45, 2.75) is 46.3 Å². The molecule has 1 N–H and O–H groups in total. The topological polar surface area (TPSA) is 88.5 Å². The number of aliphatic hydroxyl groups excluding tert-OH is 1. The molecule has 1 aliphatic rings. The highest BCUT2D eigenvalue weighted by Crippen LogP contribution is 2.42. The number of carbonyl (C=O) groups is 2. The van der Waals surface area contributed by atoms with Crippen molar-refractivity contribution in [3.8, 4) is 17.2 Å². The van der Waals surface area contributed by atoms with Crippen molar-refractivity contribution in [3.63, 3.8) is 0 Å². The van der Waals surface area contributed by atoms with E-state index in [9.17, 15) is 14.7 Å². The number of aliphatic hydroxyl groups is 1. The van der Waals surface area contributed by atoms with Crippen LogP contribution in [0, 0.1) is 0 Å². The van der Waals surface area contributed by atoms with Gasteiger partial charge >= 0.3 is 0 Å². The van der Waals surface area contributed by atoms with Gasteiger partial charge in [-0.05, 0) is 67.0 Å². The Kier molecular flexibility index (Phi) is 11.2. The van der Waals surface area contributed by atoms with Gasteiger partial charge in [-0.2, -0.15) is 0 Å². The number of carbonyl (C=O) groups excluding carboxylic acids is 2. The van der Waals surface area contributed by atoms with Crippen molar-refractivity contribution in [2.24, 2.45) is 0 Å². The Bertz CT molecular complexity index is 1400. The first-order valence-electron chi connectivity index (χ1n) is 15.0. The van der Waals surface area contributed by atoms with E-state index in [-0.39, 0.29) is 11.3 Å². The third-order valence-electron chi connectivity index (χ3n) is 7.73. The molecular formula is C35H42N2O6. The smallest absolute Gasteiger partial charge is 0.295 e. The summed E-state index contributed by atoms with van der Waals surface area (Å²) >= 11 is 0. The SMILES string of the molecule is CCCCOc1ccc(/C(O)=C2\C(=O)C(=O)N(CCN(CC)CC)C2c2ccc(OCc3ccccc3)c(OC)c2)cc1. The highest BCUT2D eigenvalue weighted by molar-refractivity contribution is 6.46. The maximum atomic E-state index is 13.5. The number of unbranched alkanes of at least 4 members (excludes halogenated alkanes) is 1. The van der Waals surface area contributed by atoms with Crippen LogP contribution >= 0.6 is 0 Å². The quantitative estimate of drug-likeness (QED) is 0.0980. The van der Waals surface area contributed by atoms with Crippen molar-refractivity contribution in [2.75, 3.05) is 39.9 Å². The minimum atomic E-state index is -0.798. The van der Waals surface area contributed by atoms with E-state index in [0.29, 0.717) is 54.7 Å². The number of amides is 1. The van der Waals surface area contributed by atoms with Gasteiger partial charge in [0.05, 0.1) is 25.3 Å². The lowest BCUT2D eigenvalue weighted by Crippen LogP contribution is -2.38. The van der Waals surface area contributed by atoms with Gasteiger partial charge < -0.3 is 29.1 Å². The predicted molar refractivity (Wildman–Crippen MR) is 167 cm³/mol. The van der Waals surface area contributed by atoms with Crippen molar-refractivity contribution in [3.05, 3.63) is 95.1 Å². The molecule has 0 saturated carbocycles. The molecule has 1 aliphatic heterocycles. The number of benzene rings is 3. The molecule has 8 heteroatoms. The van der Waals surface area contributed by atoms with Crippen molar-refractivity contribution in [1.82, 2.24) is 9.80 Å². The minimum absolute atomic E-state index is 0.0456. The molecule has 228 valence electrons. The lowest BCUT2D eigenvalue weighted by atomic mass is 9.95. The summed E-state index contributed by atoms with van der Waals surface area (Å²) in [6, 6.07) is 21.3. The van der Waals surface area contributed by atoms with E-state index in [2.05, 4.69) is 25.7 Å². The first-order chi connectivity index (χ1) is 20.9. The Morgan fingerprint density at radius 3 is 2.28 bits per heavy atom. The number of rotatable bonds is 15. The number of hydrogen-bond donors (Lipinski definition) is 1. The molecule has 3 aromatic rings. The summed E-state index contributed by atoms with van der Waals surface area (Å²) in [7, 11) is 1.55. The van der Waals surface area contributed by atoms with Crippen LogP contribution in [-0.4, -0.2) is 66.5 Å². The summed E-state index contributed by atoms with van der Waals surface area (Å²) < 4.78 is 17.5. The fraction of sp³-hybridized carbons (Fsp3) is 0.371. The van der Waals surface area contributed by atoms with Crippen molar-refractivity contribution in [1.29, 1.82) is 0 Å². The Balaban J connectivity index is 1.71. The first-order valence-corrected chi connectivity index (χ1v) is 15.0. The van der Waals surface area contributed by atoms with Gasteiger partial charge in [0, 0.05) is 18.7 Å². The molecule has 0 aliphatic carbocycles. The van der Waals surface area contributed by atoms with Crippen LogP contribution in [0.5, 0.6) is 17.2 Å². The van der Waals surface area contributed by atoms with E-state index in [0.717, 1.165) is 31.5 Å². The molecule has 1 atom stereocenters. The van der Waals surface area contributed by atoms with Gasteiger partial charge in [-0.25, -0.2) is 0 Å². The molecule has 0 spiro atoms. The molecule has 3 aromatic carbocycles. The second kappa shape index (κ2) is 15.3. The molecule has 1 amide bonds. The van der Waals surface area contributed by atoms with Crippen LogP contribution in [0.15, 0.2) is 78.4 Å². The molecule has 1 unspecified atom stereocenters. The molecule has 1 saturated heterocycles. The highest BCUT2D eigenvalue weighted by Gasteiger charge is 2.46. The van der Waals surface area contributed by atoms with Crippen LogP contribution in [-0.2, 0) is 16.2 Å². The highest BCUT2D eigenvalue weighted by atomic mass is 16.5. The van der Waals surface area contributed by atoms with Crippen LogP contribution in [0.2, 0.25) is 0 Å². The zero-order chi connectivity index (χ0) is 30.8. The number of likely N-dealkylation sites (N-methyl/N-ethyl adjacent to an activating group) is 1. The number of likely N-dealkylation sites (tertiary alicyclic amines) is 1. The normalized spacial score (nSPS) is 16.1. The number of hydrogen-bond acceptors (Lipinski definition) is 7. The first kappa shape index (κ1) is 31.6. The van der Waals surface area contributed by atoms with Gasteiger partial charge in [-0.3, -0.25) is 9.59 Å². The Morgan fingerprint density at radius 1 is 0.907 bits per heavy atom. The number of ketones is 1. The molecule has 0 bridgehead atoms. The van der Waals surface area contributed by atoms with E-state index >= 15 is 0 Å².